The molecule has 19 heavy (non-hydrogen) atoms. The standard InChI is InChI=1S/C14H21N3O2/c1-10-3-5-14(6-4-10,13(18)19)9-17-12-11(2)15-7-8-16-12/h7-8,10H,3-6,9H2,1-2H3,(H,16,17)(H,18,19). The molecular formula is C14H21N3O2. The van der Waals surface area contributed by atoms with E-state index in [1.807, 2.05) is 6.92 Å². The number of anilines is 1. The minimum atomic E-state index is -0.701. The van der Waals surface area contributed by atoms with Crippen molar-refractivity contribution in [1.82, 2.24) is 9.97 Å². The lowest BCUT2D eigenvalue weighted by atomic mass is 9.71. The van der Waals surface area contributed by atoms with Crippen molar-refractivity contribution in [2.75, 3.05) is 11.9 Å². The van der Waals surface area contributed by atoms with Crippen LogP contribution in [0.2, 0.25) is 0 Å². The lowest BCUT2D eigenvalue weighted by molar-refractivity contribution is -0.150. The summed E-state index contributed by atoms with van der Waals surface area (Å²) < 4.78 is 0. The number of rotatable bonds is 4. The Balaban J connectivity index is 2.06. The Labute approximate surface area is 113 Å². The summed E-state index contributed by atoms with van der Waals surface area (Å²) in [6.45, 7) is 4.48. The van der Waals surface area contributed by atoms with Crippen LogP contribution in [0.25, 0.3) is 0 Å². The molecule has 1 aromatic rings. The average molecular weight is 263 g/mol. The maximum atomic E-state index is 11.6. The van der Waals surface area contributed by atoms with Gasteiger partial charge < -0.3 is 10.4 Å². The second-order valence-electron chi connectivity index (χ2n) is 5.61. The molecule has 1 aliphatic carbocycles. The zero-order valence-electron chi connectivity index (χ0n) is 11.5. The molecule has 1 heterocycles. The van der Waals surface area contributed by atoms with Crippen LogP contribution in [0.4, 0.5) is 5.82 Å². The SMILES string of the molecule is Cc1nccnc1NCC1(C(=O)O)CCC(C)CC1. The Bertz CT molecular complexity index is 454. The van der Waals surface area contributed by atoms with E-state index >= 15 is 0 Å². The van der Waals surface area contributed by atoms with Crippen LogP contribution in [-0.2, 0) is 4.79 Å². The number of aromatic nitrogens is 2. The Morgan fingerprint density at radius 2 is 2.05 bits per heavy atom. The van der Waals surface area contributed by atoms with Crippen molar-refractivity contribution in [3.63, 3.8) is 0 Å². The highest BCUT2D eigenvalue weighted by Crippen LogP contribution is 2.39. The van der Waals surface area contributed by atoms with E-state index in [0.29, 0.717) is 18.3 Å². The van der Waals surface area contributed by atoms with E-state index in [-0.39, 0.29) is 0 Å². The van der Waals surface area contributed by atoms with Crippen molar-refractivity contribution in [2.24, 2.45) is 11.3 Å². The molecule has 1 fully saturated rings. The largest absolute Gasteiger partial charge is 0.481 e. The fourth-order valence-electron chi connectivity index (χ4n) is 2.62. The summed E-state index contributed by atoms with van der Waals surface area (Å²) in [5.41, 5.74) is 0.142. The van der Waals surface area contributed by atoms with Crippen molar-refractivity contribution in [2.45, 2.75) is 39.5 Å². The minimum Gasteiger partial charge on any atom is -0.481 e. The average Bonchev–Trinajstić information content (AvgIpc) is 2.40. The molecule has 2 rings (SSSR count). The molecule has 0 aliphatic heterocycles. The molecular weight excluding hydrogens is 242 g/mol. The fourth-order valence-corrected chi connectivity index (χ4v) is 2.62. The third kappa shape index (κ3) is 3.03. The summed E-state index contributed by atoms with van der Waals surface area (Å²) >= 11 is 0. The maximum Gasteiger partial charge on any atom is 0.311 e. The van der Waals surface area contributed by atoms with E-state index < -0.39 is 11.4 Å². The lowest BCUT2D eigenvalue weighted by Crippen LogP contribution is -2.41. The van der Waals surface area contributed by atoms with E-state index in [4.69, 9.17) is 0 Å². The highest BCUT2D eigenvalue weighted by atomic mass is 16.4. The van der Waals surface area contributed by atoms with Crippen LogP contribution in [-0.4, -0.2) is 27.6 Å². The Hall–Kier alpha value is -1.65. The highest BCUT2D eigenvalue weighted by Gasteiger charge is 2.41. The van der Waals surface area contributed by atoms with Gasteiger partial charge in [-0.25, -0.2) is 4.98 Å². The Kier molecular flexibility index (Phi) is 4.02. The fraction of sp³-hybridized carbons (Fsp3) is 0.643. The van der Waals surface area contributed by atoms with Gasteiger partial charge >= 0.3 is 5.97 Å². The molecule has 0 spiro atoms. The predicted octanol–water partition coefficient (Wildman–Crippen LogP) is 2.48. The van der Waals surface area contributed by atoms with Gasteiger partial charge in [-0.1, -0.05) is 6.92 Å². The molecule has 1 saturated carbocycles. The van der Waals surface area contributed by atoms with Crippen LogP contribution < -0.4 is 5.32 Å². The van der Waals surface area contributed by atoms with Gasteiger partial charge in [-0.05, 0) is 38.5 Å². The summed E-state index contributed by atoms with van der Waals surface area (Å²) in [6.07, 6.45) is 6.67. The first-order chi connectivity index (χ1) is 9.03. The van der Waals surface area contributed by atoms with Gasteiger partial charge in [0, 0.05) is 18.9 Å². The first kappa shape index (κ1) is 13.8. The topological polar surface area (TPSA) is 75.1 Å². The monoisotopic (exact) mass is 263 g/mol. The normalized spacial score (nSPS) is 26.9. The lowest BCUT2D eigenvalue weighted by Gasteiger charge is -2.36. The number of hydrogen-bond acceptors (Lipinski definition) is 4. The van der Waals surface area contributed by atoms with Gasteiger partial charge in [0.2, 0.25) is 0 Å². The summed E-state index contributed by atoms with van der Waals surface area (Å²) in [7, 11) is 0. The van der Waals surface area contributed by atoms with Gasteiger partial charge in [0.1, 0.15) is 5.82 Å². The van der Waals surface area contributed by atoms with Crippen LogP contribution in [0, 0.1) is 18.3 Å². The van der Waals surface area contributed by atoms with Crippen LogP contribution in [0.3, 0.4) is 0 Å². The molecule has 5 nitrogen and oxygen atoms in total. The van der Waals surface area contributed by atoms with Gasteiger partial charge in [-0.3, -0.25) is 9.78 Å². The number of aryl methyl sites for hydroxylation is 1. The van der Waals surface area contributed by atoms with Crippen molar-refractivity contribution >= 4 is 11.8 Å². The van der Waals surface area contributed by atoms with Crippen molar-refractivity contribution in [3.8, 4) is 0 Å². The molecule has 0 bridgehead atoms. The quantitative estimate of drug-likeness (QED) is 0.872. The van der Waals surface area contributed by atoms with E-state index in [1.165, 1.54) is 0 Å². The molecule has 1 aliphatic rings. The number of carboxylic acids is 1. The van der Waals surface area contributed by atoms with Gasteiger partial charge in [0.15, 0.2) is 0 Å². The van der Waals surface area contributed by atoms with Crippen molar-refractivity contribution < 1.29 is 9.90 Å². The number of carboxylic acid groups (broad SMARTS) is 1. The van der Waals surface area contributed by atoms with Crippen LogP contribution >= 0.6 is 0 Å². The molecule has 5 heteroatoms. The van der Waals surface area contributed by atoms with Gasteiger partial charge in [-0.2, -0.15) is 0 Å². The molecule has 1 aromatic heterocycles. The number of hydrogen-bond donors (Lipinski definition) is 2. The maximum absolute atomic E-state index is 11.6. The van der Waals surface area contributed by atoms with E-state index in [1.54, 1.807) is 12.4 Å². The zero-order chi connectivity index (χ0) is 13.9. The van der Waals surface area contributed by atoms with Gasteiger partial charge in [0.25, 0.3) is 0 Å². The summed E-state index contributed by atoms with van der Waals surface area (Å²) in [6, 6.07) is 0. The summed E-state index contributed by atoms with van der Waals surface area (Å²) in [4.78, 5) is 20.0. The summed E-state index contributed by atoms with van der Waals surface area (Å²) in [5.74, 6) is 0.612. The molecule has 0 aromatic carbocycles. The van der Waals surface area contributed by atoms with E-state index in [0.717, 1.165) is 31.4 Å². The molecule has 0 radical (unpaired) electrons. The summed E-state index contributed by atoms with van der Waals surface area (Å²) in [5, 5.41) is 12.7. The molecule has 0 saturated heterocycles. The Morgan fingerprint density at radius 1 is 1.42 bits per heavy atom. The number of nitrogens with zero attached hydrogens (tertiary/aromatic N) is 2. The molecule has 104 valence electrons. The third-order valence-corrected chi connectivity index (χ3v) is 4.16. The second kappa shape index (κ2) is 5.55. The third-order valence-electron chi connectivity index (χ3n) is 4.16. The van der Waals surface area contributed by atoms with Gasteiger partial charge in [0.05, 0.1) is 11.1 Å². The number of aliphatic carboxylic acids is 1. The van der Waals surface area contributed by atoms with Crippen LogP contribution in [0.15, 0.2) is 12.4 Å². The van der Waals surface area contributed by atoms with Crippen LogP contribution in [0.1, 0.15) is 38.3 Å². The predicted molar refractivity (Wildman–Crippen MR) is 73.0 cm³/mol. The molecule has 0 unspecified atom stereocenters. The minimum absolute atomic E-state index is 0.425. The highest BCUT2D eigenvalue weighted by molar-refractivity contribution is 5.75. The van der Waals surface area contributed by atoms with Gasteiger partial charge in [-0.15, -0.1) is 0 Å². The van der Waals surface area contributed by atoms with Crippen molar-refractivity contribution in [3.05, 3.63) is 18.1 Å². The van der Waals surface area contributed by atoms with E-state index in [2.05, 4.69) is 22.2 Å². The first-order valence-electron chi connectivity index (χ1n) is 6.78. The van der Waals surface area contributed by atoms with Crippen LogP contribution in [0.5, 0.6) is 0 Å². The molecule has 0 amide bonds. The zero-order valence-corrected chi connectivity index (χ0v) is 11.5. The molecule has 2 N–H and O–H groups in total. The van der Waals surface area contributed by atoms with Crippen molar-refractivity contribution in [1.29, 1.82) is 0 Å². The number of nitrogens with one attached hydrogen (secondary N) is 1. The number of carbonyl (C=O) groups is 1. The molecule has 0 atom stereocenters. The Morgan fingerprint density at radius 3 is 2.63 bits per heavy atom. The smallest absolute Gasteiger partial charge is 0.311 e. The first-order valence-corrected chi connectivity index (χ1v) is 6.78. The van der Waals surface area contributed by atoms with E-state index in [9.17, 15) is 9.90 Å². The second-order valence-corrected chi connectivity index (χ2v) is 5.61.